The Balaban J connectivity index is 1.68. The van der Waals surface area contributed by atoms with Crippen molar-refractivity contribution >= 4 is 45.1 Å². The lowest BCUT2D eigenvalue weighted by atomic mass is 10.2. The minimum atomic E-state index is 0.0941. The molecule has 0 aliphatic heterocycles. The molecule has 1 aliphatic carbocycles. The van der Waals surface area contributed by atoms with E-state index >= 15 is 0 Å². The zero-order valence-corrected chi connectivity index (χ0v) is 17.9. The summed E-state index contributed by atoms with van der Waals surface area (Å²) in [4.78, 5) is 21.6. The number of hydrogen-bond donors (Lipinski definition) is 0. The molecule has 0 atom stereocenters. The standard InChI is InChI=1S/C20H22N2O2S3/c1-24-11-10-22-19(23)17-15-4-3-5-16(15)27-18(17)21-20(22)26-12-13-6-8-14(25-2)9-7-13/h6-9H,3-5,10-12H2,1-2H3. The number of ether oxygens (including phenoxy) is 1. The number of benzene rings is 1. The van der Waals surface area contributed by atoms with Crippen molar-refractivity contribution in [3.05, 3.63) is 50.6 Å². The molecule has 0 saturated carbocycles. The normalized spacial score (nSPS) is 13.4. The third-order valence-electron chi connectivity index (χ3n) is 4.84. The second-order valence-corrected chi connectivity index (χ2v) is 9.42. The van der Waals surface area contributed by atoms with E-state index in [4.69, 9.17) is 9.72 Å². The number of rotatable bonds is 7. The van der Waals surface area contributed by atoms with Gasteiger partial charge in [-0.2, -0.15) is 0 Å². The van der Waals surface area contributed by atoms with Crippen LogP contribution in [0.3, 0.4) is 0 Å². The van der Waals surface area contributed by atoms with E-state index in [9.17, 15) is 4.79 Å². The number of fused-ring (bicyclic) bond motifs is 3. The summed E-state index contributed by atoms with van der Waals surface area (Å²) in [7, 11) is 1.67. The Labute approximate surface area is 171 Å². The van der Waals surface area contributed by atoms with Gasteiger partial charge in [-0.15, -0.1) is 23.1 Å². The third kappa shape index (κ3) is 3.83. The number of thiophene rings is 1. The molecule has 2 heterocycles. The molecular formula is C20H22N2O2S3. The highest BCUT2D eigenvalue weighted by Crippen LogP contribution is 2.36. The Kier molecular flexibility index (Phi) is 5.92. The number of nitrogens with zero attached hydrogens (tertiary/aromatic N) is 2. The molecule has 1 aromatic carbocycles. The highest BCUT2D eigenvalue weighted by atomic mass is 32.2. The lowest BCUT2D eigenvalue weighted by Gasteiger charge is -2.12. The molecule has 4 nitrogen and oxygen atoms in total. The lowest BCUT2D eigenvalue weighted by Crippen LogP contribution is -2.25. The predicted octanol–water partition coefficient (Wildman–Crippen LogP) is 4.61. The van der Waals surface area contributed by atoms with Gasteiger partial charge in [-0.3, -0.25) is 9.36 Å². The van der Waals surface area contributed by atoms with Gasteiger partial charge in [0.05, 0.1) is 18.5 Å². The number of thioether (sulfide) groups is 2. The van der Waals surface area contributed by atoms with E-state index in [1.165, 1.54) is 20.9 Å². The molecule has 0 radical (unpaired) electrons. The summed E-state index contributed by atoms with van der Waals surface area (Å²) in [6, 6.07) is 8.57. The molecule has 0 bridgehead atoms. The summed E-state index contributed by atoms with van der Waals surface area (Å²) in [5.74, 6) is 0.796. The van der Waals surface area contributed by atoms with E-state index in [2.05, 4.69) is 30.5 Å². The number of hydrogen-bond acceptors (Lipinski definition) is 6. The van der Waals surface area contributed by atoms with Crippen molar-refractivity contribution in [1.82, 2.24) is 9.55 Å². The fourth-order valence-electron chi connectivity index (χ4n) is 3.42. The first-order valence-corrected chi connectivity index (χ1v) is 12.0. The van der Waals surface area contributed by atoms with E-state index in [1.54, 1.807) is 46.5 Å². The van der Waals surface area contributed by atoms with E-state index in [0.717, 1.165) is 40.4 Å². The Hall–Kier alpha value is -1.28. The number of aromatic nitrogens is 2. The van der Waals surface area contributed by atoms with Crippen molar-refractivity contribution in [2.75, 3.05) is 20.0 Å². The maximum atomic E-state index is 13.2. The van der Waals surface area contributed by atoms with E-state index in [0.29, 0.717) is 13.2 Å². The first-order valence-electron chi connectivity index (χ1n) is 9.01. The van der Waals surface area contributed by atoms with Crippen molar-refractivity contribution in [2.45, 2.75) is 41.6 Å². The van der Waals surface area contributed by atoms with Crippen LogP contribution < -0.4 is 5.56 Å². The summed E-state index contributed by atoms with van der Waals surface area (Å²) in [6.45, 7) is 1.05. The van der Waals surface area contributed by atoms with Crippen LogP contribution in [-0.2, 0) is 29.9 Å². The molecule has 0 unspecified atom stereocenters. The smallest absolute Gasteiger partial charge is 0.263 e. The summed E-state index contributed by atoms with van der Waals surface area (Å²) >= 11 is 5.07. The van der Waals surface area contributed by atoms with Crippen LogP contribution in [0.1, 0.15) is 22.4 Å². The van der Waals surface area contributed by atoms with Gasteiger partial charge >= 0.3 is 0 Å². The lowest BCUT2D eigenvalue weighted by molar-refractivity contribution is 0.183. The highest BCUT2D eigenvalue weighted by Gasteiger charge is 2.23. The Morgan fingerprint density at radius 3 is 2.81 bits per heavy atom. The second-order valence-electron chi connectivity index (χ2n) is 6.52. The van der Waals surface area contributed by atoms with Gasteiger partial charge in [-0.05, 0) is 48.8 Å². The van der Waals surface area contributed by atoms with Crippen LogP contribution in [0.25, 0.3) is 10.2 Å². The van der Waals surface area contributed by atoms with E-state index in [-0.39, 0.29) is 5.56 Å². The van der Waals surface area contributed by atoms with Crippen LogP contribution in [0, 0.1) is 0 Å². The quantitative estimate of drug-likeness (QED) is 0.414. The van der Waals surface area contributed by atoms with Crippen LogP contribution >= 0.6 is 34.9 Å². The Bertz CT molecular complexity index is 1010. The molecule has 2 aromatic heterocycles. The van der Waals surface area contributed by atoms with Crippen LogP contribution in [0.2, 0.25) is 0 Å². The first kappa shape index (κ1) is 19.1. The third-order valence-corrected chi connectivity index (χ3v) is 7.81. The zero-order chi connectivity index (χ0) is 18.8. The molecule has 7 heteroatoms. The van der Waals surface area contributed by atoms with Crippen molar-refractivity contribution in [3.8, 4) is 0 Å². The molecule has 4 rings (SSSR count). The topological polar surface area (TPSA) is 44.1 Å². The summed E-state index contributed by atoms with van der Waals surface area (Å²) in [5.41, 5.74) is 2.57. The zero-order valence-electron chi connectivity index (χ0n) is 15.5. The molecule has 0 fully saturated rings. The van der Waals surface area contributed by atoms with Crippen molar-refractivity contribution < 1.29 is 4.74 Å². The molecule has 0 spiro atoms. The molecule has 27 heavy (non-hydrogen) atoms. The number of methoxy groups -OCH3 is 1. The largest absolute Gasteiger partial charge is 0.383 e. The molecule has 0 amide bonds. The Morgan fingerprint density at radius 1 is 1.26 bits per heavy atom. The van der Waals surface area contributed by atoms with E-state index in [1.807, 2.05) is 0 Å². The Morgan fingerprint density at radius 2 is 2.07 bits per heavy atom. The van der Waals surface area contributed by atoms with Crippen LogP contribution in [-0.4, -0.2) is 29.5 Å². The second kappa shape index (κ2) is 8.39. The van der Waals surface area contributed by atoms with Gasteiger partial charge in [0, 0.05) is 22.6 Å². The predicted molar refractivity (Wildman–Crippen MR) is 116 cm³/mol. The van der Waals surface area contributed by atoms with Gasteiger partial charge in [0.2, 0.25) is 0 Å². The molecule has 1 aliphatic rings. The minimum absolute atomic E-state index is 0.0941. The van der Waals surface area contributed by atoms with Crippen LogP contribution in [0.5, 0.6) is 0 Å². The van der Waals surface area contributed by atoms with Crippen molar-refractivity contribution in [3.63, 3.8) is 0 Å². The van der Waals surface area contributed by atoms with Gasteiger partial charge in [-0.1, -0.05) is 23.9 Å². The SMILES string of the molecule is COCCn1c(SCc2ccc(SC)cc2)nc2sc3c(c2c1=O)CCC3. The van der Waals surface area contributed by atoms with Crippen molar-refractivity contribution in [1.29, 1.82) is 0 Å². The highest BCUT2D eigenvalue weighted by molar-refractivity contribution is 7.98. The average molecular weight is 419 g/mol. The van der Waals surface area contributed by atoms with E-state index < -0.39 is 0 Å². The molecule has 0 saturated heterocycles. The molecule has 3 aromatic rings. The van der Waals surface area contributed by atoms with Crippen molar-refractivity contribution in [2.24, 2.45) is 0 Å². The van der Waals surface area contributed by atoms with Crippen LogP contribution in [0.4, 0.5) is 0 Å². The fourth-order valence-corrected chi connectivity index (χ4v) is 6.11. The minimum Gasteiger partial charge on any atom is -0.383 e. The summed E-state index contributed by atoms with van der Waals surface area (Å²) < 4.78 is 7.04. The van der Waals surface area contributed by atoms with Crippen LogP contribution in [0.15, 0.2) is 39.1 Å². The average Bonchev–Trinajstić information content (AvgIpc) is 3.27. The van der Waals surface area contributed by atoms with Gasteiger partial charge in [0.15, 0.2) is 5.16 Å². The summed E-state index contributed by atoms with van der Waals surface area (Å²) in [5, 5.41) is 1.63. The monoisotopic (exact) mass is 418 g/mol. The maximum absolute atomic E-state index is 13.2. The fraction of sp³-hybridized carbons (Fsp3) is 0.400. The maximum Gasteiger partial charge on any atom is 0.263 e. The van der Waals surface area contributed by atoms with Gasteiger partial charge in [0.1, 0.15) is 4.83 Å². The molecular weight excluding hydrogens is 396 g/mol. The molecule has 142 valence electrons. The van der Waals surface area contributed by atoms with Gasteiger partial charge in [-0.25, -0.2) is 4.98 Å². The number of aryl methyl sites for hydroxylation is 2. The van der Waals surface area contributed by atoms with Gasteiger partial charge < -0.3 is 4.74 Å². The molecule has 0 N–H and O–H groups in total. The summed E-state index contributed by atoms with van der Waals surface area (Å²) in [6.07, 6.45) is 5.32. The van der Waals surface area contributed by atoms with Gasteiger partial charge in [0.25, 0.3) is 5.56 Å². The first-order chi connectivity index (χ1) is 13.2.